The van der Waals surface area contributed by atoms with E-state index in [1.807, 2.05) is 76.2 Å². The number of rotatable bonds is 19. The maximum absolute atomic E-state index is 14.3. The fourth-order valence-electron chi connectivity index (χ4n) is 14.0. The molecule has 0 spiro atoms. The zero-order chi connectivity index (χ0) is 72.1. The molecule has 1 heterocycles. The highest BCUT2D eigenvalue weighted by Crippen LogP contribution is 2.51. The number of ether oxygens (including phenoxy) is 2. The van der Waals surface area contributed by atoms with E-state index >= 15 is 0 Å². The van der Waals surface area contributed by atoms with Gasteiger partial charge in [0, 0.05) is 40.0 Å². The number of methoxy groups -OCH3 is 2. The Hall–Kier alpha value is -6.68. The number of thiophene rings is 1. The summed E-state index contributed by atoms with van der Waals surface area (Å²) in [6.45, 7) is 14.1. The summed E-state index contributed by atoms with van der Waals surface area (Å²) in [7, 11) is -13.8. The molecule has 12 rings (SSSR count). The molecule has 3 aliphatic rings. The van der Waals surface area contributed by atoms with E-state index in [9.17, 15) is 43.1 Å². The van der Waals surface area contributed by atoms with Crippen molar-refractivity contribution in [1.29, 1.82) is 0 Å². The van der Waals surface area contributed by atoms with Crippen molar-refractivity contribution in [1.82, 2.24) is 0 Å². The van der Waals surface area contributed by atoms with Crippen LogP contribution in [-0.2, 0) is 47.7 Å². The maximum Gasteiger partial charge on any atom is 0.470 e. The predicted molar refractivity (Wildman–Crippen MR) is 400 cm³/mol. The fourth-order valence-corrected chi connectivity index (χ4v) is 21.4. The molecule has 3 aliphatic carbocycles. The molecule has 0 saturated heterocycles. The van der Waals surface area contributed by atoms with E-state index in [1.54, 1.807) is 14.2 Å². The molecule has 0 aliphatic heterocycles. The Kier molecular flexibility index (Phi) is 26.8. The highest BCUT2D eigenvalue weighted by molar-refractivity contribution is 8.05. The largest absolute Gasteiger partial charge is 0.744 e. The van der Waals surface area contributed by atoms with Gasteiger partial charge in [-0.25, -0.2) is 16.8 Å². The van der Waals surface area contributed by atoms with Gasteiger partial charge in [0.15, 0.2) is 39.1 Å². The van der Waals surface area contributed by atoms with Crippen molar-refractivity contribution in [2.45, 2.75) is 211 Å². The smallest absolute Gasteiger partial charge is 0.470 e. The van der Waals surface area contributed by atoms with E-state index in [-0.39, 0.29) is 62.3 Å². The van der Waals surface area contributed by atoms with Crippen LogP contribution in [0.4, 0.5) is 8.78 Å². The lowest BCUT2D eigenvalue weighted by atomic mass is 9.75. The van der Waals surface area contributed by atoms with Crippen LogP contribution in [0.25, 0.3) is 25.1 Å². The van der Waals surface area contributed by atoms with Gasteiger partial charge in [-0.1, -0.05) is 184 Å². The van der Waals surface area contributed by atoms with Gasteiger partial charge in [0.25, 0.3) is 0 Å². The van der Waals surface area contributed by atoms with E-state index in [0.717, 1.165) is 119 Å². The molecule has 536 valence electrons. The van der Waals surface area contributed by atoms with Gasteiger partial charge < -0.3 is 27.9 Å². The summed E-state index contributed by atoms with van der Waals surface area (Å²) in [6.07, 6.45) is 15.2. The number of aryl methyl sites for hydroxylation is 1. The lowest BCUT2D eigenvalue weighted by Gasteiger charge is -2.32. The van der Waals surface area contributed by atoms with Gasteiger partial charge in [-0.05, 0) is 205 Å². The summed E-state index contributed by atoms with van der Waals surface area (Å²) in [4.78, 5) is 5.08. The van der Waals surface area contributed by atoms with E-state index in [2.05, 4.69) is 142 Å². The third-order valence-electron chi connectivity index (χ3n) is 19.3. The van der Waals surface area contributed by atoms with Crippen LogP contribution < -0.4 is 13.7 Å². The molecular formula is C81H96F2O12S5. The number of aliphatic hydroxyl groups is 1. The third-order valence-corrected chi connectivity index (χ3v) is 27.5. The fraction of sp³-hybridized carbons (Fsp3) is 0.407. The van der Waals surface area contributed by atoms with Crippen molar-refractivity contribution in [2.24, 2.45) is 0 Å². The first-order chi connectivity index (χ1) is 47.7. The van der Waals surface area contributed by atoms with Crippen LogP contribution in [0.5, 0.6) is 17.2 Å². The molecular weight excluding hydrogens is 1360 g/mol. The minimum atomic E-state index is -6.48. The van der Waals surface area contributed by atoms with Crippen LogP contribution >= 0.6 is 10.5 Å². The average Bonchev–Trinajstić information content (AvgIpc) is 1.44. The number of benzene rings is 8. The van der Waals surface area contributed by atoms with Gasteiger partial charge in [0.1, 0.15) is 27.4 Å². The van der Waals surface area contributed by atoms with Gasteiger partial charge in [-0.15, -0.1) is 0 Å². The molecule has 1 aromatic heterocycles. The Balaban J connectivity index is 0.000000160. The number of halogens is 2. The molecule has 12 nitrogen and oxygen atoms in total. The quantitative estimate of drug-likeness (QED) is 0.0457. The van der Waals surface area contributed by atoms with Gasteiger partial charge in [-0.2, -0.15) is 17.2 Å². The summed E-state index contributed by atoms with van der Waals surface area (Å²) in [6, 6.07) is 59.0. The van der Waals surface area contributed by atoms with Crippen LogP contribution in [0.1, 0.15) is 218 Å². The molecule has 0 radical (unpaired) electrons. The molecule has 0 bridgehead atoms. The van der Waals surface area contributed by atoms with E-state index in [1.165, 1.54) is 57.3 Å². The Morgan fingerprint density at radius 2 is 0.960 bits per heavy atom. The highest BCUT2D eigenvalue weighted by atomic mass is 32.3. The molecule has 100 heavy (non-hydrogen) atoms. The van der Waals surface area contributed by atoms with Crippen molar-refractivity contribution in [2.75, 3.05) is 20.8 Å². The predicted octanol–water partition coefficient (Wildman–Crippen LogP) is 21.0. The summed E-state index contributed by atoms with van der Waals surface area (Å²) >= 11 is 0. The van der Waals surface area contributed by atoms with Gasteiger partial charge >= 0.3 is 14.7 Å². The number of alkyl halides is 2. The summed E-state index contributed by atoms with van der Waals surface area (Å²) < 4.78 is 135. The van der Waals surface area contributed by atoms with Crippen LogP contribution in [0.2, 0.25) is 0 Å². The third kappa shape index (κ3) is 18.8. The first kappa shape index (κ1) is 77.5. The van der Waals surface area contributed by atoms with Crippen molar-refractivity contribution < 1.29 is 61.9 Å². The number of hydrogen-bond donors (Lipinski definition) is 1. The minimum absolute atomic E-state index is 0.00919. The summed E-state index contributed by atoms with van der Waals surface area (Å²) in [5.74, 6) is 2.12. The lowest BCUT2D eigenvalue weighted by Crippen LogP contribution is -2.40. The topological polar surface area (TPSA) is 196 Å². The number of hydrogen-bond acceptors (Lipinski definition) is 12. The van der Waals surface area contributed by atoms with Crippen LogP contribution in [0.3, 0.4) is 0 Å². The molecule has 1 N–H and O–H groups in total. The standard InChI is InChI=1S/C25H36F2O6S2.C21H21O2S.C20H17OS.C15H24O3S/c26-25(27,34(28,29)30)35(31,32)33-24-22(19-12-6-2-7-13-19)16-21(18-10-4-1-5-11-18)17-23(24)20-14-8-3-9-15-20;1-16-7-4-10-19(13-16)24(20-11-5-8-17(14-20)22-2)21-12-6-9-18(15-21)23-3;21-14-13-15-9-11-16(12-10-15)22-19-7-3-1-5-17(19)18-6-2-4-8-20(18)22;1-9(2)12-7-13(10(3)4)15(19(16,17)18)14(8-12)11(5)6/h16-20H,1-15H2,(H,28,29,30);4-15H,1-3H3;1-12,21H,13-14H2;7-11H,1-6H3,(H,16,17,18)/q;2*+1;/p-2. The Morgan fingerprint density at radius 1 is 0.530 bits per heavy atom. The Bertz CT molecular complexity index is 4400. The van der Waals surface area contributed by atoms with Crippen molar-refractivity contribution >= 4 is 71.9 Å². The molecule has 0 amide bonds. The average molecular weight is 1460 g/mol. The zero-order valence-electron chi connectivity index (χ0n) is 58.9. The van der Waals surface area contributed by atoms with Crippen molar-refractivity contribution in [3.63, 3.8) is 0 Å². The minimum Gasteiger partial charge on any atom is -0.744 e. The second kappa shape index (κ2) is 34.5. The van der Waals surface area contributed by atoms with Crippen LogP contribution in [0.15, 0.2) is 189 Å². The van der Waals surface area contributed by atoms with Crippen molar-refractivity contribution in [3.8, 4) is 22.1 Å². The van der Waals surface area contributed by atoms with Gasteiger partial charge in [0.2, 0.25) is 0 Å². The van der Waals surface area contributed by atoms with Gasteiger partial charge in [0.05, 0.1) is 30.0 Å². The molecule has 3 saturated carbocycles. The normalized spacial score (nSPS) is 15.3. The Morgan fingerprint density at radius 3 is 1.36 bits per heavy atom. The van der Waals surface area contributed by atoms with E-state index < -0.39 is 34.9 Å². The number of fused-ring (bicyclic) bond motifs is 3. The SMILES string of the molecule is CC(C)c1cc(C(C)C)c(S(=O)(=O)[O-])c(C(C)C)c1.COc1cccc([S+](c2cccc(C)c2)c2cccc(OC)c2)c1.O=S(=O)([O-])C(F)(F)S(=O)(=O)Oc1c(C2CCCCC2)cc(C2CCCCC2)cc1C1CCCCC1.OCCc1ccc(-[s+]2c3ccccc3c3ccccc32)cc1. The van der Waals surface area contributed by atoms with Gasteiger partial charge in [-0.3, -0.25) is 0 Å². The molecule has 19 heteroatoms. The molecule has 9 aromatic rings. The van der Waals surface area contributed by atoms with Crippen LogP contribution in [0, 0.1) is 6.92 Å². The maximum atomic E-state index is 14.3. The van der Waals surface area contributed by atoms with Crippen LogP contribution in [-0.4, -0.2) is 64.9 Å². The molecule has 3 fully saturated rings. The molecule has 8 aromatic carbocycles. The lowest BCUT2D eigenvalue weighted by molar-refractivity contribution is 0.153. The monoisotopic (exact) mass is 1460 g/mol. The second-order valence-electron chi connectivity index (χ2n) is 27.3. The van der Waals surface area contributed by atoms with E-state index in [0.29, 0.717) is 34.1 Å². The summed E-state index contributed by atoms with van der Waals surface area (Å²) in [5, 5.41) is 11.8. The second-order valence-corrected chi connectivity index (χ2v) is 35.9. The first-order valence-electron chi connectivity index (χ1n) is 35.0. The Labute approximate surface area is 597 Å². The van der Waals surface area contributed by atoms with E-state index in [4.69, 9.17) is 18.8 Å². The zero-order valence-corrected chi connectivity index (χ0v) is 63.0. The van der Waals surface area contributed by atoms with Crippen molar-refractivity contribution in [3.05, 3.63) is 214 Å². The highest BCUT2D eigenvalue weighted by Gasteiger charge is 2.55. The molecule has 0 unspecified atom stereocenters. The molecule has 0 atom stereocenters. The number of aliphatic hydroxyl groups excluding tert-OH is 1. The first-order valence-corrected chi connectivity index (χ1v) is 41.6. The summed E-state index contributed by atoms with van der Waals surface area (Å²) in [5.41, 5.74) is 7.08.